The molecule has 114 valence electrons. The number of benzene rings is 1. The Hall–Kier alpha value is -1.84. The molecule has 1 amide bonds. The fourth-order valence-corrected chi connectivity index (χ4v) is 2.45. The van der Waals surface area contributed by atoms with E-state index in [0.717, 1.165) is 5.56 Å². The number of sulfone groups is 1. The largest absolute Gasteiger partial charge is 0.384 e. The van der Waals surface area contributed by atoms with Gasteiger partial charge in [0, 0.05) is 23.9 Å². The van der Waals surface area contributed by atoms with E-state index in [0.29, 0.717) is 24.1 Å². The van der Waals surface area contributed by atoms with Crippen LogP contribution in [0.2, 0.25) is 0 Å². The second-order valence-electron chi connectivity index (χ2n) is 4.68. The zero-order valence-electron chi connectivity index (χ0n) is 12.1. The van der Waals surface area contributed by atoms with Gasteiger partial charge in [-0.05, 0) is 31.0 Å². The number of hydrogen-bond donors (Lipinski definition) is 2. The lowest BCUT2D eigenvalue weighted by Crippen LogP contribution is -2.26. The van der Waals surface area contributed by atoms with Gasteiger partial charge >= 0.3 is 0 Å². The summed E-state index contributed by atoms with van der Waals surface area (Å²) in [7, 11) is -3.01. The molecule has 0 aliphatic heterocycles. The van der Waals surface area contributed by atoms with E-state index in [4.69, 9.17) is 5.11 Å². The SMILES string of the molecule is Cc1c(C#CCO)cccc1C(=O)NCCCS(C)(=O)=O. The normalized spacial score (nSPS) is 10.6. The van der Waals surface area contributed by atoms with Crippen LogP contribution >= 0.6 is 0 Å². The molecule has 0 spiro atoms. The molecule has 0 heterocycles. The third-order valence-corrected chi connectivity index (χ3v) is 3.89. The van der Waals surface area contributed by atoms with Gasteiger partial charge in [0.15, 0.2) is 0 Å². The van der Waals surface area contributed by atoms with Crippen molar-refractivity contribution in [2.24, 2.45) is 0 Å². The minimum Gasteiger partial charge on any atom is -0.384 e. The molecule has 1 rings (SSSR count). The zero-order valence-corrected chi connectivity index (χ0v) is 13.0. The molecule has 0 radical (unpaired) electrons. The molecule has 0 aromatic heterocycles. The van der Waals surface area contributed by atoms with E-state index in [-0.39, 0.29) is 18.3 Å². The van der Waals surface area contributed by atoms with Crippen molar-refractivity contribution in [3.8, 4) is 11.8 Å². The minimum absolute atomic E-state index is 0.0499. The molecular weight excluding hydrogens is 290 g/mol. The number of aliphatic hydroxyl groups is 1. The lowest BCUT2D eigenvalue weighted by molar-refractivity contribution is 0.0953. The first-order chi connectivity index (χ1) is 9.85. The average molecular weight is 309 g/mol. The number of aliphatic hydroxyl groups excluding tert-OH is 1. The summed E-state index contributed by atoms with van der Waals surface area (Å²) in [4.78, 5) is 12.1. The molecule has 5 nitrogen and oxygen atoms in total. The van der Waals surface area contributed by atoms with Gasteiger partial charge in [-0.25, -0.2) is 8.42 Å². The Morgan fingerprint density at radius 2 is 2.10 bits per heavy atom. The van der Waals surface area contributed by atoms with E-state index >= 15 is 0 Å². The van der Waals surface area contributed by atoms with Gasteiger partial charge in [-0.15, -0.1) is 0 Å². The van der Waals surface area contributed by atoms with Crippen LogP contribution in [-0.2, 0) is 9.84 Å². The van der Waals surface area contributed by atoms with E-state index in [1.165, 1.54) is 6.26 Å². The highest BCUT2D eigenvalue weighted by Crippen LogP contribution is 2.12. The van der Waals surface area contributed by atoms with Crippen LogP contribution in [0.25, 0.3) is 0 Å². The second kappa shape index (κ2) is 7.81. The molecule has 6 heteroatoms. The predicted molar refractivity (Wildman–Crippen MR) is 81.8 cm³/mol. The van der Waals surface area contributed by atoms with E-state index < -0.39 is 9.84 Å². The number of hydrogen-bond acceptors (Lipinski definition) is 4. The molecule has 0 aliphatic carbocycles. The van der Waals surface area contributed by atoms with Crippen molar-refractivity contribution < 1.29 is 18.3 Å². The molecule has 0 saturated heterocycles. The minimum atomic E-state index is -3.01. The zero-order chi connectivity index (χ0) is 15.9. The van der Waals surface area contributed by atoms with Crippen molar-refractivity contribution in [2.45, 2.75) is 13.3 Å². The lowest BCUT2D eigenvalue weighted by Gasteiger charge is -2.08. The molecular formula is C15H19NO4S. The standard InChI is InChI=1S/C15H19NO4S/c1-12-13(7-4-10-17)6-3-8-14(12)15(18)16-9-5-11-21(2,19)20/h3,6,8,17H,5,9-11H2,1-2H3,(H,16,18). The molecule has 2 N–H and O–H groups in total. The van der Waals surface area contributed by atoms with Gasteiger partial charge in [-0.2, -0.15) is 0 Å². The van der Waals surface area contributed by atoms with Crippen molar-refractivity contribution in [3.05, 3.63) is 34.9 Å². The molecule has 1 aromatic rings. The van der Waals surface area contributed by atoms with Crippen LogP contribution < -0.4 is 5.32 Å². The van der Waals surface area contributed by atoms with Crippen LogP contribution in [0.4, 0.5) is 0 Å². The fraction of sp³-hybridized carbons (Fsp3) is 0.400. The lowest BCUT2D eigenvalue weighted by atomic mass is 10.0. The van der Waals surface area contributed by atoms with Gasteiger partial charge in [0.05, 0.1) is 5.75 Å². The highest BCUT2D eigenvalue weighted by molar-refractivity contribution is 7.90. The predicted octanol–water partition coefficient (Wildman–Crippen LogP) is 0.503. The number of nitrogens with one attached hydrogen (secondary N) is 1. The highest BCUT2D eigenvalue weighted by atomic mass is 32.2. The summed E-state index contributed by atoms with van der Waals surface area (Å²) < 4.78 is 22.0. The Bertz CT molecular complexity index is 669. The molecule has 21 heavy (non-hydrogen) atoms. The van der Waals surface area contributed by atoms with Crippen molar-refractivity contribution in [1.29, 1.82) is 0 Å². The Labute approximate surface area is 125 Å². The number of carbonyl (C=O) groups is 1. The highest BCUT2D eigenvalue weighted by Gasteiger charge is 2.10. The Morgan fingerprint density at radius 1 is 1.38 bits per heavy atom. The maximum absolute atomic E-state index is 12.1. The summed E-state index contributed by atoms with van der Waals surface area (Å²) in [6, 6.07) is 5.18. The van der Waals surface area contributed by atoms with Crippen LogP contribution in [0.1, 0.15) is 27.9 Å². The summed E-state index contributed by atoms with van der Waals surface area (Å²) in [6.45, 7) is 1.85. The maximum Gasteiger partial charge on any atom is 0.251 e. The summed E-state index contributed by atoms with van der Waals surface area (Å²) in [5.41, 5.74) is 1.92. The summed E-state index contributed by atoms with van der Waals surface area (Å²) in [6.07, 6.45) is 1.55. The molecule has 0 saturated carbocycles. The number of amides is 1. The van der Waals surface area contributed by atoms with E-state index in [1.807, 2.05) is 0 Å². The third kappa shape index (κ3) is 5.98. The quantitative estimate of drug-likeness (QED) is 0.613. The first-order valence-electron chi connectivity index (χ1n) is 6.50. The third-order valence-electron chi connectivity index (χ3n) is 2.86. The monoisotopic (exact) mass is 309 g/mol. The van der Waals surface area contributed by atoms with Crippen LogP contribution in [0.3, 0.4) is 0 Å². The van der Waals surface area contributed by atoms with Crippen molar-refractivity contribution in [1.82, 2.24) is 5.32 Å². The second-order valence-corrected chi connectivity index (χ2v) is 6.94. The Kier molecular flexibility index (Phi) is 6.40. The van der Waals surface area contributed by atoms with E-state index in [2.05, 4.69) is 17.2 Å². The van der Waals surface area contributed by atoms with Gasteiger partial charge < -0.3 is 10.4 Å². The van der Waals surface area contributed by atoms with Gasteiger partial charge in [-0.1, -0.05) is 17.9 Å². The van der Waals surface area contributed by atoms with Gasteiger partial charge in [0.1, 0.15) is 16.4 Å². The first kappa shape index (κ1) is 17.2. The van der Waals surface area contributed by atoms with Gasteiger partial charge in [0.2, 0.25) is 0 Å². The smallest absolute Gasteiger partial charge is 0.251 e. The van der Waals surface area contributed by atoms with Crippen LogP contribution in [0, 0.1) is 18.8 Å². The van der Waals surface area contributed by atoms with E-state index in [9.17, 15) is 13.2 Å². The first-order valence-corrected chi connectivity index (χ1v) is 8.56. The van der Waals surface area contributed by atoms with Crippen molar-refractivity contribution in [2.75, 3.05) is 25.2 Å². The van der Waals surface area contributed by atoms with Crippen LogP contribution in [0.15, 0.2) is 18.2 Å². The summed E-state index contributed by atoms with van der Waals surface area (Å²) in [5.74, 6) is 5.13. The average Bonchev–Trinajstić information content (AvgIpc) is 2.41. The number of rotatable bonds is 5. The van der Waals surface area contributed by atoms with Gasteiger partial charge in [0.25, 0.3) is 5.91 Å². The summed E-state index contributed by atoms with van der Waals surface area (Å²) >= 11 is 0. The summed E-state index contributed by atoms with van der Waals surface area (Å²) in [5, 5.41) is 11.4. The Morgan fingerprint density at radius 3 is 2.71 bits per heavy atom. The fourth-order valence-electron chi connectivity index (χ4n) is 1.78. The molecule has 1 aromatic carbocycles. The van der Waals surface area contributed by atoms with Crippen molar-refractivity contribution in [3.63, 3.8) is 0 Å². The maximum atomic E-state index is 12.1. The number of carbonyl (C=O) groups excluding carboxylic acids is 1. The van der Waals surface area contributed by atoms with Crippen molar-refractivity contribution >= 4 is 15.7 Å². The molecule has 0 atom stereocenters. The molecule has 0 aliphatic rings. The van der Waals surface area contributed by atoms with E-state index in [1.54, 1.807) is 25.1 Å². The topological polar surface area (TPSA) is 83.5 Å². The molecule has 0 fully saturated rings. The van der Waals surface area contributed by atoms with Crippen LogP contribution in [0.5, 0.6) is 0 Å². The Balaban J connectivity index is 2.70. The molecule has 0 bridgehead atoms. The van der Waals surface area contributed by atoms with Gasteiger partial charge in [-0.3, -0.25) is 4.79 Å². The van der Waals surface area contributed by atoms with Crippen LogP contribution in [-0.4, -0.2) is 44.6 Å². The molecule has 0 unspecified atom stereocenters.